The first kappa shape index (κ1) is 36.3. The first-order chi connectivity index (χ1) is 31.2. The van der Waals surface area contributed by atoms with E-state index in [-0.39, 0.29) is 0 Å². The van der Waals surface area contributed by atoms with Gasteiger partial charge in [0.1, 0.15) is 22.3 Å². The standard InChI is InChI=1S/C57H36N4O2/c1-4-15-37(16-5-1)39-27-31-42(32-28-39)61(43-33-29-40(30-34-43)38-17-6-2-7-18-38)44-35-48(54-46-22-11-13-25-50(46)63-52(54)36-44)57-59-55(41-19-8-3-9-20-41)58-56(60-57)47-23-14-26-51-53(47)45-21-10-12-24-49(45)62-51/h1-36H. The number of nitrogens with zero attached hydrogens (tertiary/aromatic N) is 4. The zero-order chi connectivity index (χ0) is 41.7. The largest absolute Gasteiger partial charge is 0.456 e. The Labute approximate surface area is 363 Å². The van der Waals surface area contributed by atoms with Crippen LogP contribution in [-0.2, 0) is 0 Å². The molecule has 0 saturated heterocycles. The van der Waals surface area contributed by atoms with E-state index in [1.807, 2.05) is 91.0 Å². The summed E-state index contributed by atoms with van der Waals surface area (Å²) in [7, 11) is 0. The summed E-state index contributed by atoms with van der Waals surface area (Å²) in [6, 6.07) is 75.1. The molecule has 3 heterocycles. The Kier molecular flexibility index (Phi) is 8.71. The molecule has 0 amide bonds. The highest BCUT2D eigenvalue weighted by atomic mass is 16.3. The van der Waals surface area contributed by atoms with Crippen LogP contribution in [0.5, 0.6) is 0 Å². The second-order valence-corrected chi connectivity index (χ2v) is 15.6. The number of benzene rings is 9. The average molecular weight is 809 g/mol. The van der Waals surface area contributed by atoms with E-state index in [0.29, 0.717) is 17.5 Å². The molecule has 0 atom stereocenters. The molecule has 0 spiro atoms. The number of aromatic nitrogens is 3. The van der Waals surface area contributed by atoms with Gasteiger partial charge in [-0.3, -0.25) is 0 Å². The van der Waals surface area contributed by atoms with Crippen LogP contribution >= 0.6 is 0 Å². The van der Waals surface area contributed by atoms with E-state index >= 15 is 0 Å². The number of furan rings is 2. The van der Waals surface area contributed by atoms with Crippen LogP contribution in [-0.4, -0.2) is 15.0 Å². The van der Waals surface area contributed by atoms with Gasteiger partial charge in [0.2, 0.25) is 0 Å². The Morgan fingerprint density at radius 1 is 0.286 bits per heavy atom. The van der Waals surface area contributed by atoms with Gasteiger partial charge in [-0.25, -0.2) is 15.0 Å². The Bertz CT molecular complexity index is 3520. The average Bonchev–Trinajstić information content (AvgIpc) is 3.94. The van der Waals surface area contributed by atoms with E-state index in [2.05, 4.69) is 132 Å². The van der Waals surface area contributed by atoms with Gasteiger partial charge in [-0.1, -0.05) is 164 Å². The lowest BCUT2D eigenvalue weighted by molar-refractivity contribution is 0.668. The van der Waals surface area contributed by atoms with Gasteiger partial charge in [-0.15, -0.1) is 0 Å². The van der Waals surface area contributed by atoms with E-state index < -0.39 is 0 Å². The molecule has 0 unspecified atom stereocenters. The second-order valence-electron chi connectivity index (χ2n) is 15.6. The van der Waals surface area contributed by atoms with E-state index in [9.17, 15) is 0 Å². The number of rotatable bonds is 8. The van der Waals surface area contributed by atoms with Crippen LogP contribution in [0.4, 0.5) is 17.1 Å². The summed E-state index contributed by atoms with van der Waals surface area (Å²) in [5.74, 6) is 1.64. The Morgan fingerprint density at radius 2 is 0.714 bits per heavy atom. The van der Waals surface area contributed by atoms with Gasteiger partial charge in [0.25, 0.3) is 0 Å². The fraction of sp³-hybridized carbons (Fsp3) is 0. The molecule has 6 nitrogen and oxygen atoms in total. The molecule has 9 aromatic carbocycles. The van der Waals surface area contributed by atoms with Gasteiger partial charge < -0.3 is 13.7 Å². The summed E-state index contributed by atoms with van der Waals surface area (Å²) in [6.07, 6.45) is 0. The van der Waals surface area contributed by atoms with Crippen molar-refractivity contribution in [2.24, 2.45) is 0 Å². The third kappa shape index (κ3) is 6.49. The number of para-hydroxylation sites is 2. The molecule has 6 heteroatoms. The monoisotopic (exact) mass is 808 g/mol. The van der Waals surface area contributed by atoms with E-state index in [1.54, 1.807) is 0 Å². The minimum Gasteiger partial charge on any atom is -0.456 e. The zero-order valence-corrected chi connectivity index (χ0v) is 33.9. The van der Waals surface area contributed by atoms with Crippen molar-refractivity contribution >= 4 is 60.9 Å². The van der Waals surface area contributed by atoms with Crippen molar-refractivity contribution in [2.45, 2.75) is 0 Å². The summed E-state index contributed by atoms with van der Waals surface area (Å²) in [6.45, 7) is 0. The first-order valence-corrected chi connectivity index (χ1v) is 21.0. The minimum absolute atomic E-state index is 0.529. The highest BCUT2D eigenvalue weighted by Gasteiger charge is 2.24. The molecule has 12 aromatic rings. The zero-order valence-electron chi connectivity index (χ0n) is 33.9. The number of hydrogen-bond donors (Lipinski definition) is 0. The first-order valence-electron chi connectivity index (χ1n) is 21.0. The molecule has 12 rings (SSSR count). The Hall–Kier alpha value is -8.61. The van der Waals surface area contributed by atoms with Crippen LogP contribution in [0, 0.1) is 0 Å². The predicted molar refractivity (Wildman–Crippen MR) is 256 cm³/mol. The van der Waals surface area contributed by atoms with Gasteiger partial charge in [0.15, 0.2) is 17.5 Å². The van der Waals surface area contributed by atoms with E-state index in [1.165, 1.54) is 0 Å². The van der Waals surface area contributed by atoms with Crippen molar-refractivity contribution in [1.29, 1.82) is 0 Å². The van der Waals surface area contributed by atoms with Crippen molar-refractivity contribution in [3.63, 3.8) is 0 Å². The molecule has 0 saturated carbocycles. The quantitative estimate of drug-likeness (QED) is 0.152. The molecular formula is C57H36N4O2. The van der Waals surface area contributed by atoms with Crippen molar-refractivity contribution in [2.75, 3.05) is 4.90 Å². The summed E-state index contributed by atoms with van der Waals surface area (Å²) in [5, 5.41) is 3.87. The molecular weight excluding hydrogens is 773 g/mol. The molecule has 3 aromatic heterocycles. The number of fused-ring (bicyclic) bond motifs is 6. The predicted octanol–water partition coefficient (Wildman–Crippen LogP) is 15.5. The van der Waals surface area contributed by atoms with Crippen molar-refractivity contribution in [3.8, 4) is 56.4 Å². The van der Waals surface area contributed by atoms with E-state index in [4.69, 9.17) is 23.8 Å². The molecule has 0 aliphatic carbocycles. The summed E-state index contributed by atoms with van der Waals surface area (Å²) < 4.78 is 13.1. The van der Waals surface area contributed by atoms with Crippen LogP contribution in [0.2, 0.25) is 0 Å². The molecule has 0 aliphatic rings. The SMILES string of the molecule is c1ccc(-c2ccc(N(c3ccc(-c4ccccc4)cc3)c3cc(-c4nc(-c5ccccc5)nc(-c5cccc6oc7ccccc7c56)n4)c4c(c3)oc3ccccc34)cc2)cc1. The number of hydrogen-bond acceptors (Lipinski definition) is 6. The summed E-state index contributed by atoms with van der Waals surface area (Å²) >= 11 is 0. The van der Waals surface area contributed by atoms with Gasteiger partial charge >= 0.3 is 0 Å². The maximum absolute atomic E-state index is 6.75. The second kappa shape index (κ2) is 15.1. The lowest BCUT2D eigenvalue weighted by Gasteiger charge is -2.26. The van der Waals surface area contributed by atoms with Crippen molar-refractivity contribution in [1.82, 2.24) is 15.0 Å². The van der Waals surface area contributed by atoms with Crippen LogP contribution in [0.1, 0.15) is 0 Å². The van der Waals surface area contributed by atoms with Crippen LogP contribution in [0.25, 0.3) is 100 Å². The normalized spacial score (nSPS) is 11.5. The fourth-order valence-electron chi connectivity index (χ4n) is 8.75. The molecule has 63 heavy (non-hydrogen) atoms. The Morgan fingerprint density at radius 3 is 1.29 bits per heavy atom. The van der Waals surface area contributed by atoms with Crippen LogP contribution in [0.3, 0.4) is 0 Å². The number of anilines is 3. The molecule has 0 aliphatic heterocycles. The maximum atomic E-state index is 6.75. The lowest BCUT2D eigenvalue weighted by atomic mass is 10.0. The topological polar surface area (TPSA) is 68.2 Å². The van der Waals surface area contributed by atoms with Gasteiger partial charge in [-0.05, 0) is 70.8 Å². The van der Waals surface area contributed by atoms with Crippen LogP contribution in [0.15, 0.2) is 227 Å². The Balaban J connectivity index is 1.11. The van der Waals surface area contributed by atoms with Crippen LogP contribution < -0.4 is 4.90 Å². The van der Waals surface area contributed by atoms with Crippen molar-refractivity contribution < 1.29 is 8.83 Å². The highest BCUT2D eigenvalue weighted by Crippen LogP contribution is 2.45. The van der Waals surface area contributed by atoms with Gasteiger partial charge in [0, 0.05) is 55.7 Å². The molecule has 0 fully saturated rings. The third-order valence-corrected chi connectivity index (χ3v) is 11.7. The summed E-state index contributed by atoms with van der Waals surface area (Å²) in [4.78, 5) is 18.1. The smallest absolute Gasteiger partial charge is 0.164 e. The molecule has 0 bridgehead atoms. The minimum atomic E-state index is 0.529. The fourth-order valence-corrected chi connectivity index (χ4v) is 8.75. The lowest BCUT2D eigenvalue weighted by Crippen LogP contribution is -2.10. The molecule has 0 N–H and O–H groups in total. The van der Waals surface area contributed by atoms with Gasteiger partial charge in [-0.2, -0.15) is 0 Å². The highest BCUT2D eigenvalue weighted by molar-refractivity contribution is 6.14. The van der Waals surface area contributed by atoms with Gasteiger partial charge in [0.05, 0.1) is 5.69 Å². The van der Waals surface area contributed by atoms with Crippen molar-refractivity contribution in [3.05, 3.63) is 218 Å². The van der Waals surface area contributed by atoms with E-state index in [0.717, 1.165) is 99.9 Å². The third-order valence-electron chi connectivity index (χ3n) is 11.7. The summed E-state index contributed by atoms with van der Waals surface area (Å²) in [5.41, 5.74) is 13.1. The maximum Gasteiger partial charge on any atom is 0.164 e. The molecule has 0 radical (unpaired) electrons. The molecule has 296 valence electrons.